The fourth-order valence-electron chi connectivity index (χ4n) is 1.47. The lowest BCUT2D eigenvalue weighted by molar-refractivity contribution is -0.136. The predicted molar refractivity (Wildman–Crippen MR) is 67.1 cm³/mol. The van der Waals surface area contributed by atoms with E-state index in [1.807, 2.05) is 0 Å². The second-order valence-electron chi connectivity index (χ2n) is 3.63. The smallest absolute Gasteiger partial charge is 0.307 e. The van der Waals surface area contributed by atoms with Gasteiger partial charge in [-0.2, -0.15) is 0 Å². The number of carboxylic acid groups (broad SMARTS) is 1. The molecule has 0 aliphatic carbocycles. The molecule has 0 spiro atoms. The van der Waals surface area contributed by atoms with Gasteiger partial charge in [0.15, 0.2) is 0 Å². The molecule has 1 aromatic carbocycles. The van der Waals surface area contributed by atoms with Crippen molar-refractivity contribution in [3.05, 3.63) is 53.3 Å². The van der Waals surface area contributed by atoms with Gasteiger partial charge in [-0.1, -0.05) is 23.7 Å². The Morgan fingerprint density at radius 2 is 2.22 bits per heavy atom. The molecule has 92 valence electrons. The molecule has 4 nitrogen and oxygen atoms in total. The van der Waals surface area contributed by atoms with Gasteiger partial charge in [-0.05, 0) is 17.7 Å². The first-order valence-corrected chi connectivity index (χ1v) is 5.61. The van der Waals surface area contributed by atoms with Gasteiger partial charge in [0, 0.05) is 18.5 Å². The Morgan fingerprint density at radius 1 is 1.39 bits per heavy atom. The maximum Gasteiger partial charge on any atom is 0.307 e. The highest BCUT2D eigenvalue weighted by Crippen LogP contribution is 2.28. The lowest BCUT2D eigenvalue weighted by atomic mass is 10.1. The summed E-state index contributed by atoms with van der Waals surface area (Å²) in [5, 5.41) is 9.13. The molecule has 1 N–H and O–H groups in total. The topological polar surface area (TPSA) is 59.4 Å². The van der Waals surface area contributed by atoms with Crippen LogP contribution in [0.1, 0.15) is 5.56 Å². The van der Waals surface area contributed by atoms with Gasteiger partial charge in [-0.3, -0.25) is 9.78 Å². The van der Waals surface area contributed by atoms with Crippen molar-refractivity contribution in [2.24, 2.45) is 0 Å². The summed E-state index contributed by atoms with van der Waals surface area (Å²) in [4.78, 5) is 14.5. The first kappa shape index (κ1) is 12.4. The minimum Gasteiger partial charge on any atom is -0.481 e. The second kappa shape index (κ2) is 5.51. The van der Waals surface area contributed by atoms with E-state index in [0.717, 1.165) is 0 Å². The van der Waals surface area contributed by atoms with Crippen molar-refractivity contribution in [1.29, 1.82) is 0 Å². The molecule has 0 radical (unpaired) electrons. The fourth-order valence-corrected chi connectivity index (χ4v) is 1.62. The van der Waals surface area contributed by atoms with E-state index in [2.05, 4.69) is 4.98 Å². The first-order valence-electron chi connectivity index (χ1n) is 5.23. The van der Waals surface area contributed by atoms with Gasteiger partial charge in [0.25, 0.3) is 0 Å². The van der Waals surface area contributed by atoms with Crippen molar-refractivity contribution < 1.29 is 14.6 Å². The number of carbonyl (C=O) groups is 1. The average Bonchev–Trinajstić information content (AvgIpc) is 2.32. The second-order valence-corrected chi connectivity index (χ2v) is 4.03. The number of hydrogen-bond acceptors (Lipinski definition) is 3. The molecule has 1 aromatic heterocycles. The highest BCUT2D eigenvalue weighted by atomic mass is 35.5. The predicted octanol–water partition coefficient (Wildman–Crippen LogP) is 3.15. The van der Waals surface area contributed by atoms with Crippen molar-refractivity contribution in [2.75, 3.05) is 0 Å². The largest absolute Gasteiger partial charge is 0.481 e. The van der Waals surface area contributed by atoms with Gasteiger partial charge in [-0.15, -0.1) is 0 Å². The van der Waals surface area contributed by atoms with Crippen molar-refractivity contribution >= 4 is 17.6 Å². The van der Waals surface area contributed by atoms with Crippen LogP contribution in [0.15, 0.2) is 42.7 Å². The highest BCUT2D eigenvalue weighted by molar-refractivity contribution is 6.31. The standard InChI is InChI=1S/C13H10ClNO3/c14-11-8-15-5-4-12(11)18-10-3-1-2-9(6-10)7-13(16)17/h1-6,8H,7H2,(H,16,17). The molecule has 2 aromatic rings. The maximum absolute atomic E-state index is 10.6. The Balaban J connectivity index is 2.19. The molecule has 2 rings (SSSR count). The summed E-state index contributed by atoms with van der Waals surface area (Å²) in [6.07, 6.45) is 3.02. The van der Waals surface area contributed by atoms with E-state index in [4.69, 9.17) is 21.4 Å². The Labute approximate surface area is 109 Å². The van der Waals surface area contributed by atoms with Gasteiger partial charge in [0.2, 0.25) is 0 Å². The number of carboxylic acids is 1. The Hall–Kier alpha value is -2.07. The monoisotopic (exact) mass is 263 g/mol. The summed E-state index contributed by atoms with van der Waals surface area (Å²) in [6, 6.07) is 8.52. The van der Waals surface area contributed by atoms with E-state index in [-0.39, 0.29) is 6.42 Å². The number of nitrogens with zero attached hydrogens (tertiary/aromatic N) is 1. The maximum atomic E-state index is 10.6. The molecule has 0 bridgehead atoms. The molecule has 18 heavy (non-hydrogen) atoms. The van der Waals surface area contributed by atoms with Crippen LogP contribution >= 0.6 is 11.6 Å². The van der Waals surface area contributed by atoms with Gasteiger partial charge < -0.3 is 9.84 Å². The highest BCUT2D eigenvalue weighted by Gasteiger charge is 2.05. The number of benzene rings is 1. The van der Waals surface area contributed by atoms with Crippen molar-refractivity contribution in [1.82, 2.24) is 4.98 Å². The summed E-state index contributed by atoms with van der Waals surface area (Å²) in [5.41, 5.74) is 0.671. The molecule has 0 unspecified atom stereocenters. The van der Waals surface area contributed by atoms with E-state index in [0.29, 0.717) is 22.1 Å². The number of ether oxygens (including phenoxy) is 1. The van der Waals surface area contributed by atoms with Crippen LogP contribution in [0.25, 0.3) is 0 Å². The normalized spacial score (nSPS) is 10.1. The van der Waals surface area contributed by atoms with Gasteiger partial charge in [0.1, 0.15) is 16.5 Å². The number of aromatic nitrogens is 1. The zero-order valence-corrected chi connectivity index (χ0v) is 10.1. The van der Waals surface area contributed by atoms with Crippen LogP contribution in [0, 0.1) is 0 Å². The number of aliphatic carboxylic acids is 1. The number of pyridine rings is 1. The number of halogens is 1. The van der Waals surface area contributed by atoms with Gasteiger partial charge in [-0.25, -0.2) is 0 Å². The molecule has 5 heteroatoms. The number of rotatable bonds is 4. The van der Waals surface area contributed by atoms with E-state index < -0.39 is 5.97 Å². The summed E-state index contributed by atoms with van der Waals surface area (Å²) < 4.78 is 5.57. The molecular formula is C13H10ClNO3. The summed E-state index contributed by atoms with van der Waals surface area (Å²) >= 11 is 5.92. The van der Waals surface area contributed by atoms with E-state index >= 15 is 0 Å². The zero-order valence-electron chi connectivity index (χ0n) is 9.34. The van der Waals surface area contributed by atoms with Crippen molar-refractivity contribution in [3.8, 4) is 11.5 Å². The van der Waals surface area contributed by atoms with Crippen LogP contribution in [0.4, 0.5) is 0 Å². The third kappa shape index (κ3) is 3.21. The van der Waals surface area contributed by atoms with E-state index in [9.17, 15) is 4.79 Å². The SMILES string of the molecule is O=C(O)Cc1cccc(Oc2ccncc2Cl)c1. The van der Waals surface area contributed by atoms with Gasteiger partial charge >= 0.3 is 5.97 Å². The van der Waals surface area contributed by atoms with Crippen LogP contribution in [0.3, 0.4) is 0 Å². The van der Waals surface area contributed by atoms with E-state index in [1.165, 1.54) is 6.20 Å². The number of hydrogen-bond donors (Lipinski definition) is 1. The van der Waals surface area contributed by atoms with Crippen LogP contribution in [-0.2, 0) is 11.2 Å². The molecule has 1 heterocycles. The third-order valence-electron chi connectivity index (χ3n) is 2.22. The molecule has 0 atom stereocenters. The molecule has 0 aliphatic heterocycles. The molecular weight excluding hydrogens is 254 g/mol. The zero-order chi connectivity index (χ0) is 13.0. The molecule has 0 fully saturated rings. The minimum absolute atomic E-state index is 0.0404. The van der Waals surface area contributed by atoms with Crippen LogP contribution in [0.5, 0.6) is 11.5 Å². The minimum atomic E-state index is -0.880. The van der Waals surface area contributed by atoms with Crippen molar-refractivity contribution in [2.45, 2.75) is 6.42 Å². The summed E-state index contributed by atoms with van der Waals surface area (Å²) in [6.45, 7) is 0. The van der Waals surface area contributed by atoms with Gasteiger partial charge in [0.05, 0.1) is 6.42 Å². The third-order valence-corrected chi connectivity index (χ3v) is 2.50. The lowest BCUT2D eigenvalue weighted by Crippen LogP contribution is -1.99. The first-order chi connectivity index (χ1) is 8.65. The van der Waals surface area contributed by atoms with Crippen LogP contribution < -0.4 is 4.74 Å². The average molecular weight is 264 g/mol. The van der Waals surface area contributed by atoms with Crippen LogP contribution in [0.2, 0.25) is 5.02 Å². The Morgan fingerprint density at radius 3 is 2.94 bits per heavy atom. The van der Waals surface area contributed by atoms with E-state index in [1.54, 1.807) is 36.5 Å². The molecule has 0 amide bonds. The molecule has 0 aliphatic rings. The lowest BCUT2D eigenvalue weighted by Gasteiger charge is -2.07. The molecule has 0 saturated heterocycles. The summed E-state index contributed by atoms with van der Waals surface area (Å²) in [5.74, 6) is 0.148. The Bertz CT molecular complexity index is 572. The quantitative estimate of drug-likeness (QED) is 0.920. The fraction of sp³-hybridized carbons (Fsp3) is 0.0769. The van der Waals surface area contributed by atoms with Crippen LogP contribution in [-0.4, -0.2) is 16.1 Å². The summed E-state index contributed by atoms with van der Waals surface area (Å²) in [7, 11) is 0. The molecule has 0 saturated carbocycles. The van der Waals surface area contributed by atoms with Crippen molar-refractivity contribution in [3.63, 3.8) is 0 Å². The Kier molecular flexibility index (Phi) is 3.79.